The molecule has 1 aromatic carbocycles. The van der Waals surface area contributed by atoms with E-state index in [-0.39, 0.29) is 6.61 Å². The molecule has 28 heavy (non-hydrogen) atoms. The molecular formula is C19H26N4O5. The Labute approximate surface area is 164 Å². The largest absolute Gasteiger partial charge is 0.450 e. The van der Waals surface area contributed by atoms with Gasteiger partial charge < -0.3 is 25.2 Å². The van der Waals surface area contributed by atoms with Gasteiger partial charge in [-0.3, -0.25) is 14.4 Å². The number of hydrogen-bond donors (Lipinski definition) is 2. The lowest BCUT2D eigenvalue weighted by molar-refractivity contribution is -0.134. The zero-order chi connectivity index (χ0) is 20.8. The number of likely N-dealkylation sites (N-methyl/N-ethyl adjacent to an activating group) is 2. The number of nitrogens with one attached hydrogen (secondary N) is 2. The third-order valence-electron chi connectivity index (χ3n) is 4.50. The second kappa shape index (κ2) is 9.20. The molecule has 1 heterocycles. The molecule has 2 rings (SSSR count). The van der Waals surface area contributed by atoms with Crippen molar-refractivity contribution in [1.29, 1.82) is 0 Å². The molecule has 1 atom stereocenters. The Bertz CT molecular complexity index is 725. The van der Waals surface area contributed by atoms with Crippen LogP contribution in [0.3, 0.4) is 0 Å². The van der Waals surface area contributed by atoms with Gasteiger partial charge in [-0.15, -0.1) is 0 Å². The Hall–Kier alpha value is -3.10. The van der Waals surface area contributed by atoms with Gasteiger partial charge in [0.05, 0.1) is 18.0 Å². The Kier molecular flexibility index (Phi) is 6.97. The van der Waals surface area contributed by atoms with Gasteiger partial charge in [0.1, 0.15) is 6.04 Å². The monoisotopic (exact) mass is 390 g/mol. The summed E-state index contributed by atoms with van der Waals surface area (Å²) in [5.41, 5.74) is 1.12. The summed E-state index contributed by atoms with van der Waals surface area (Å²) in [4.78, 5) is 52.3. The minimum Gasteiger partial charge on any atom is -0.450 e. The van der Waals surface area contributed by atoms with E-state index in [1.54, 1.807) is 38.4 Å². The van der Waals surface area contributed by atoms with Crippen molar-refractivity contribution in [2.24, 2.45) is 0 Å². The number of carbonyl (C=O) groups excluding carboxylic acids is 4. The molecule has 0 saturated carbocycles. The second-order valence-electron chi connectivity index (χ2n) is 6.58. The summed E-state index contributed by atoms with van der Waals surface area (Å²) in [6.07, 6.45) is 0.869. The molecule has 1 aliphatic rings. The summed E-state index contributed by atoms with van der Waals surface area (Å²) >= 11 is 0. The Morgan fingerprint density at radius 3 is 2.14 bits per heavy atom. The lowest BCUT2D eigenvalue weighted by Gasteiger charge is -2.22. The molecule has 0 bridgehead atoms. The summed E-state index contributed by atoms with van der Waals surface area (Å²) in [6, 6.07) is 4.59. The molecule has 0 unspecified atom stereocenters. The van der Waals surface area contributed by atoms with Gasteiger partial charge >= 0.3 is 6.09 Å². The van der Waals surface area contributed by atoms with Gasteiger partial charge in [-0.05, 0) is 25.5 Å². The number of fused-ring (bicyclic) bond motifs is 1. The van der Waals surface area contributed by atoms with Crippen LogP contribution in [-0.4, -0.2) is 56.6 Å². The predicted molar refractivity (Wildman–Crippen MR) is 104 cm³/mol. The molecule has 0 radical (unpaired) electrons. The molecule has 9 nitrogen and oxygen atoms in total. The highest BCUT2D eigenvalue weighted by Crippen LogP contribution is 2.31. The number of hydrogen-bond acceptors (Lipinski definition) is 5. The van der Waals surface area contributed by atoms with E-state index in [9.17, 15) is 19.2 Å². The highest BCUT2D eigenvalue weighted by atomic mass is 16.5. The average Bonchev–Trinajstić information content (AvgIpc) is 2.74. The van der Waals surface area contributed by atoms with Gasteiger partial charge in [-0.1, -0.05) is 25.5 Å². The summed E-state index contributed by atoms with van der Waals surface area (Å²) in [5, 5.41) is 4.82. The first-order chi connectivity index (χ1) is 13.3. The summed E-state index contributed by atoms with van der Waals surface area (Å²) in [6.45, 7) is 3.67. The number of rotatable bonds is 6. The van der Waals surface area contributed by atoms with E-state index in [0.29, 0.717) is 11.4 Å². The molecule has 0 spiro atoms. The second-order valence-corrected chi connectivity index (χ2v) is 6.58. The molecule has 0 aliphatic carbocycles. The van der Waals surface area contributed by atoms with Crippen molar-refractivity contribution >= 4 is 35.2 Å². The van der Waals surface area contributed by atoms with Crippen LogP contribution in [0, 0.1) is 0 Å². The molecule has 152 valence electrons. The fourth-order valence-electron chi connectivity index (χ4n) is 2.75. The topological polar surface area (TPSA) is 108 Å². The molecule has 1 aromatic rings. The van der Waals surface area contributed by atoms with Crippen LogP contribution in [0.2, 0.25) is 0 Å². The van der Waals surface area contributed by atoms with E-state index >= 15 is 0 Å². The number of anilines is 2. The Morgan fingerprint density at radius 2 is 1.64 bits per heavy atom. The molecule has 4 amide bonds. The van der Waals surface area contributed by atoms with Crippen LogP contribution in [0.15, 0.2) is 24.3 Å². The van der Waals surface area contributed by atoms with Crippen molar-refractivity contribution < 1.29 is 23.9 Å². The summed E-state index contributed by atoms with van der Waals surface area (Å²) in [5.74, 6) is -1.78. The van der Waals surface area contributed by atoms with Gasteiger partial charge in [0, 0.05) is 14.1 Å². The van der Waals surface area contributed by atoms with Crippen LogP contribution in [0.1, 0.15) is 26.7 Å². The van der Waals surface area contributed by atoms with Gasteiger partial charge in [0.25, 0.3) is 11.8 Å². The van der Waals surface area contributed by atoms with E-state index in [0.717, 1.165) is 12.8 Å². The van der Waals surface area contributed by atoms with Crippen LogP contribution in [-0.2, 0) is 19.1 Å². The maximum atomic E-state index is 12.8. The van der Waals surface area contributed by atoms with E-state index in [1.165, 1.54) is 16.7 Å². The van der Waals surface area contributed by atoms with Crippen molar-refractivity contribution in [3.63, 3.8) is 0 Å². The number of unbranched alkanes of at least 4 members (excludes halogenated alkanes) is 1. The first kappa shape index (κ1) is 21.2. The smallest absolute Gasteiger partial charge is 0.407 e. The van der Waals surface area contributed by atoms with Gasteiger partial charge in [-0.25, -0.2) is 4.79 Å². The normalized spacial score (nSPS) is 15.6. The van der Waals surface area contributed by atoms with Gasteiger partial charge in [0.15, 0.2) is 6.04 Å². The Balaban J connectivity index is 2.08. The average molecular weight is 390 g/mol. The highest BCUT2D eigenvalue weighted by Gasteiger charge is 2.39. The van der Waals surface area contributed by atoms with Crippen molar-refractivity contribution in [3.8, 4) is 0 Å². The first-order valence-electron chi connectivity index (χ1n) is 9.15. The van der Waals surface area contributed by atoms with Crippen molar-refractivity contribution in [2.45, 2.75) is 38.8 Å². The molecule has 2 N–H and O–H groups in total. The molecule has 0 aromatic heterocycles. The van der Waals surface area contributed by atoms with Crippen LogP contribution in [0.5, 0.6) is 0 Å². The number of alkyl carbamates (subject to hydrolysis) is 1. The van der Waals surface area contributed by atoms with Crippen molar-refractivity contribution in [1.82, 2.24) is 10.6 Å². The molecule has 0 fully saturated rings. The van der Waals surface area contributed by atoms with Gasteiger partial charge in [-0.2, -0.15) is 0 Å². The van der Waals surface area contributed by atoms with Crippen LogP contribution in [0.4, 0.5) is 16.2 Å². The summed E-state index contributed by atoms with van der Waals surface area (Å²) in [7, 11) is 3.08. The maximum Gasteiger partial charge on any atom is 0.407 e. The van der Waals surface area contributed by atoms with E-state index in [2.05, 4.69) is 10.6 Å². The quantitative estimate of drug-likeness (QED) is 0.557. The zero-order valence-electron chi connectivity index (χ0n) is 16.5. The molecule has 1 aliphatic heterocycles. The fraction of sp³-hybridized carbons (Fsp3) is 0.474. The minimum absolute atomic E-state index is 0.254. The number of carbonyl (C=O) groups is 4. The lowest BCUT2D eigenvalue weighted by Crippen LogP contribution is -2.57. The zero-order valence-corrected chi connectivity index (χ0v) is 16.5. The summed E-state index contributed by atoms with van der Waals surface area (Å²) < 4.78 is 4.95. The third-order valence-corrected chi connectivity index (χ3v) is 4.50. The lowest BCUT2D eigenvalue weighted by atomic mass is 10.2. The van der Waals surface area contributed by atoms with E-state index < -0.39 is 35.9 Å². The molecule has 0 saturated heterocycles. The molecular weight excluding hydrogens is 364 g/mol. The number of nitrogens with zero attached hydrogens (tertiary/aromatic N) is 2. The van der Waals surface area contributed by atoms with Gasteiger partial charge in [0.2, 0.25) is 5.91 Å². The van der Waals surface area contributed by atoms with E-state index in [1.807, 2.05) is 6.92 Å². The molecule has 9 heteroatoms. The number of amides is 4. The van der Waals surface area contributed by atoms with Crippen LogP contribution < -0.4 is 20.4 Å². The maximum absolute atomic E-state index is 12.8. The van der Waals surface area contributed by atoms with Crippen LogP contribution in [0.25, 0.3) is 0 Å². The number of ether oxygens (including phenoxy) is 1. The number of benzene rings is 1. The van der Waals surface area contributed by atoms with Crippen LogP contribution >= 0.6 is 0 Å². The first-order valence-corrected chi connectivity index (χ1v) is 9.15. The standard InChI is InChI=1S/C19H26N4O5/c1-5-6-11-28-19(27)20-12(2)16(24)21-15-17(25)22(3)13-9-7-8-10-14(13)23(4)18(15)26/h7-10,12,15H,5-6,11H2,1-4H3,(H,20,27)(H,21,24)/t12-/m0/s1. The highest BCUT2D eigenvalue weighted by molar-refractivity contribution is 6.21. The van der Waals surface area contributed by atoms with Crippen molar-refractivity contribution in [2.75, 3.05) is 30.5 Å². The van der Waals surface area contributed by atoms with Crippen molar-refractivity contribution in [3.05, 3.63) is 24.3 Å². The number of para-hydroxylation sites is 2. The SMILES string of the molecule is CCCCOC(=O)N[C@@H](C)C(=O)NC1C(=O)N(C)c2ccccc2N(C)C1=O. The predicted octanol–water partition coefficient (Wildman–Crippen LogP) is 1.03. The third kappa shape index (κ3) is 4.59. The van der Waals surface area contributed by atoms with E-state index in [4.69, 9.17) is 4.74 Å². The fourth-order valence-corrected chi connectivity index (χ4v) is 2.75. The minimum atomic E-state index is -1.39. The Morgan fingerprint density at radius 1 is 1.11 bits per heavy atom.